The highest BCUT2D eigenvalue weighted by atomic mass is 19.4. The second-order valence-electron chi connectivity index (χ2n) is 3.30. The Morgan fingerprint density at radius 3 is 2.65 bits per heavy atom. The summed E-state index contributed by atoms with van der Waals surface area (Å²) >= 11 is 0. The molecule has 17 heavy (non-hydrogen) atoms. The van der Waals surface area contributed by atoms with Gasteiger partial charge < -0.3 is 19.9 Å². The summed E-state index contributed by atoms with van der Waals surface area (Å²) in [6.07, 6.45) is -6.15. The van der Waals surface area contributed by atoms with Gasteiger partial charge in [0, 0.05) is 6.54 Å². The second-order valence-corrected chi connectivity index (χ2v) is 3.30. The van der Waals surface area contributed by atoms with Gasteiger partial charge in [-0.3, -0.25) is 0 Å². The lowest BCUT2D eigenvalue weighted by Gasteiger charge is -2.14. The van der Waals surface area contributed by atoms with Gasteiger partial charge in [-0.05, 0) is 6.07 Å². The van der Waals surface area contributed by atoms with E-state index in [-0.39, 0.29) is 17.9 Å². The molecule has 3 N–H and O–H groups in total. The van der Waals surface area contributed by atoms with Gasteiger partial charge in [-0.15, -0.1) is 0 Å². The largest absolute Gasteiger partial charge is 0.478 e. The average molecular weight is 253 g/mol. The van der Waals surface area contributed by atoms with Gasteiger partial charge in [0.2, 0.25) is 0 Å². The van der Waals surface area contributed by atoms with E-state index in [0.29, 0.717) is 0 Å². The molecule has 0 amide bonds. The molecule has 0 radical (unpaired) electrons. The van der Waals surface area contributed by atoms with Crippen LogP contribution in [0.4, 0.5) is 13.2 Å². The van der Waals surface area contributed by atoms with Gasteiger partial charge in [-0.25, -0.2) is 4.79 Å². The SMILES string of the molecule is O=C(O)c1coc(CNCC(O)C(F)(F)F)c1. The Morgan fingerprint density at radius 1 is 1.53 bits per heavy atom. The Hall–Kier alpha value is -1.54. The lowest BCUT2D eigenvalue weighted by atomic mass is 10.3. The van der Waals surface area contributed by atoms with Crippen LogP contribution in [0.15, 0.2) is 16.7 Å². The molecule has 0 aromatic carbocycles. The minimum Gasteiger partial charge on any atom is -0.478 e. The normalized spacial score (nSPS) is 13.6. The maximum atomic E-state index is 11.9. The van der Waals surface area contributed by atoms with Crippen LogP contribution in [0.2, 0.25) is 0 Å². The van der Waals surface area contributed by atoms with Gasteiger partial charge in [0.05, 0.1) is 12.1 Å². The number of rotatable bonds is 5. The molecule has 1 heterocycles. The molecule has 1 aromatic rings. The number of carbonyl (C=O) groups is 1. The van der Waals surface area contributed by atoms with Gasteiger partial charge >= 0.3 is 12.1 Å². The minimum absolute atomic E-state index is 0.0850. The standard InChI is InChI=1S/C9H10F3NO4/c10-9(11,12)7(14)3-13-2-6-1-5(4-17-6)8(15)16/h1,4,7,13-14H,2-3H2,(H,15,16). The smallest absolute Gasteiger partial charge is 0.415 e. The Morgan fingerprint density at radius 2 is 2.18 bits per heavy atom. The van der Waals surface area contributed by atoms with E-state index in [9.17, 15) is 18.0 Å². The van der Waals surface area contributed by atoms with Crippen LogP contribution in [0.5, 0.6) is 0 Å². The topological polar surface area (TPSA) is 82.7 Å². The molecule has 1 aromatic heterocycles. The molecule has 1 unspecified atom stereocenters. The van der Waals surface area contributed by atoms with Crippen molar-refractivity contribution in [2.24, 2.45) is 0 Å². The molecule has 8 heteroatoms. The summed E-state index contributed by atoms with van der Waals surface area (Å²) in [7, 11) is 0. The van der Waals surface area contributed by atoms with Crippen LogP contribution in [-0.4, -0.2) is 35.0 Å². The third-order valence-corrected chi connectivity index (χ3v) is 1.92. The Balaban J connectivity index is 2.38. The fourth-order valence-electron chi connectivity index (χ4n) is 1.03. The quantitative estimate of drug-likeness (QED) is 0.729. The zero-order valence-electron chi connectivity index (χ0n) is 8.49. The molecule has 1 atom stereocenters. The second kappa shape index (κ2) is 5.19. The molecule has 1 rings (SSSR count). The molecule has 0 saturated heterocycles. The van der Waals surface area contributed by atoms with E-state index < -0.39 is 24.8 Å². The number of furan rings is 1. The lowest BCUT2D eigenvalue weighted by molar-refractivity contribution is -0.201. The molecule has 0 fully saturated rings. The van der Waals surface area contributed by atoms with Crippen LogP contribution < -0.4 is 5.32 Å². The fourth-order valence-corrected chi connectivity index (χ4v) is 1.03. The van der Waals surface area contributed by atoms with E-state index in [4.69, 9.17) is 14.6 Å². The first-order valence-corrected chi connectivity index (χ1v) is 4.57. The van der Waals surface area contributed by atoms with E-state index in [1.807, 2.05) is 0 Å². The van der Waals surface area contributed by atoms with Crippen molar-refractivity contribution in [1.29, 1.82) is 0 Å². The minimum atomic E-state index is -4.68. The van der Waals surface area contributed by atoms with E-state index in [1.165, 1.54) is 6.07 Å². The van der Waals surface area contributed by atoms with Crippen molar-refractivity contribution in [2.75, 3.05) is 6.54 Å². The maximum Gasteiger partial charge on any atom is 0.415 e. The molecular weight excluding hydrogens is 243 g/mol. The summed E-state index contributed by atoms with van der Waals surface area (Å²) in [5, 5.41) is 19.5. The van der Waals surface area contributed by atoms with Gasteiger partial charge in [0.15, 0.2) is 6.10 Å². The van der Waals surface area contributed by atoms with Gasteiger partial charge in [0.25, 0.3) is 0 Å². The van der Waals surface area contributed by atoms with Crippen molar-refractivity contribution >= 4 is 5.97 Å². The first-order valence-electron chi connectivity index (χ1n) is 4.57. The molecule has 0 bridgehead atoms. The van der Waals surface area contributed by atoms with Crippen LogP contribution >= 0.6 is 0 Å². The molecule has 0 aliphatic carbocycles. The van der Waals surface area contributed by atoms with Crippen molar-refractivity contribution in [3.63, 3.8) is 0 Å². The summed E-state index contributed by atoms with van der Waals surface area (Å²) in [4.78, 5) is 10.5. The lowest BCUT2D eigenvalue weighted by Crippen LogP contribution is -2.38. The predicted octanol–water partition coefficient (Wildman–Crippen LogP) is 0.991. The number of halogens is 3. The number of nitrogens with one attached hydrogen (secondary N) is 1. The van der Waals surface area contributed by atoms with E-state index in [1.54, 1.807) is 0 Å². The van der Waals surface area contributed by atoms with Crippen LogP contribution in [0, 0.1) is 0 Å². The average Bonchev–Trinajstić information content (AvgIpc) is 2.64. The van der Waals surface area contributed by atoms with Crippen LogP contribution in [0.1, 0.15) is 16.1 Å². The Labute approximate surface area is 93.8 Å². The molecule has 0 aliphatic rings. The fraction of sp³-hybridized carbons (Fsp3) is 0.444. The van der Waals surface area contributed by atoms with Gasteiger partial charge in [-0.1, -0.05) is 0 Å². The number of aromatic carboxylic acids is 1. The summed E-state index contributed by atoms with van der Waals surface area (Å²) in [5.74, 6) is -1.01. The number of carboxylic acid groups (broad SMARTS) is 1. The van der Waals surface area contributed by atoms with E-state index >= 15 is 0 Å². The van der Waals surface area contributed by atoms with Crippen molar-refractivity contribution in [2.45, 2.75) is 18.8 Å². The maximum absolute atomic E-state index is 11.9. The summed E-state index contributed by atoms with van der Waals surface area (Å²) in [6.45, 7) is -0.785. The van der Waals surface area contributed by atoms with Crippen LogP contribution in [-0.2, 0) is 6.54 Å². The number of carboxylic acids is 1. The van der Waals surface area contributed by atoms with Crippen molar-refractivity contribution in [3.8, 4) is 0 Å². The van der Waals surface area contributed by atoms with Crippen LogP contribution in [0.3, 0.4) is 0 Å². The number of aliphatic hydroxyl groups excluding tert-OH is 1. The first kappa shape index (κ1) is 13.5. The van der Waals surface area contributed by atoms with Crippen molar-refractivity contribution in [1.82, 2.24) is 5.32 Å². The van der Waals surface area contributed by atoms with Crippen molar-refractivity contribution < 1.29 is 32.6 Å². The molecule has 96 valence electrons. The van der Waals surface area contributed by atoms with Gasteiger partial charge in [-0.2, -0.15) is 13.2 Å². The number of hydrogen-bond acceptors (Lipinski definition) is 4. The summed E-state index contributed by atoms with van der Waals surface area (Å²) < 4.78 is 40.5. The van der Waals surface area contributed by atoms with E-state index in [2.05, 4.69) is 5.32 Å². The number of alkyl halides is 3. The first-order chi connectivity index (χ1) is 7.80. The zero-order valence-corrected chi connectivity index (χ0v) is 8.49. The summed E-state index contributed by atoms with van der Waals surface area (Å²) in [5.41, 5.74) is -0.0850. The van der Waals surface area contributed by atoms with Crippen molar-refractivity contribution in [3.05, 3.63) is 23.7 Å². The zero-order chi connectivity index (χ0) is 13.1. The molecule has 0 aliphatic heterocycles. The highest BCUT2D eigenvalue weighted by molar-refractivity contribution is 5.87. The number of aliphatic hydroxyl groups is 1. The van der Waals surface area contributed by atoms with Gasteiger partial charge in [0.1, 0.15) is 12.0 Å². The highest BCUT2D eigenvalue weighted by Crippen LogP contribution is 2.19. The van der Waals surface area contributed by atoms with Crippen LogP contribution in [0.25, 0.3) is 0 Å². The Bertz CT molecular complexity index is 388. The predicted molar refractivity (Wildman–Crippen MR) is 49.4 cm³/mol. The number of hydrogen-bond donors (Lipinski definition) is 3. The third-order valence-electron chi connectivity index (χ3n) is 1.92. The monoisotopic (exact) mass is 253 g/mol. The third kappa shape index (κ3) is 4.08. The molecule has 0 spiro atoms. The van der Waals surface area contributed by atoms with E-state index in [0.717, 1.165) is 6.26 Å². The molecular formula is C9H10F3NO4. The summed E-state index contributed by atoms with van der Waals surface area (Å²) in [6, 6.07) is 1.19. The highest BCUT2D eigenvalue weighted by Gasteiger charge is 2.37. The Kier molecular flexibility index (Phi) is 4.13. The molecule has 0 saturated carbocycles. The molecule has 5 nitrogen and oxygen atoms in total.